The van der Waals surface area contributed by atoms with E-state index < -0.39 is 18.5 Å². The summed E-state index contributed by atoms with van der Waals surface area (Å²) in [5.41, 5.74) is 1.62. The molecule has 1 heterocycles. The van der Waals surface area contributed by atoms with Crippen LogP contribution in [0.5, 0.6) is 0 Å². The molecule has 1 aromatic heterocycles. The smallest absolute Gasteiger partial charge is 0.359 e. The number of nitrogens with zero attached hydrogens (tertiary/aromatic N) is 2. The van der Waals surface area contributed by atoms with Crippen molar-refractivity contribution < 1.29 is 14.3 Å². The van der Waals surface area contributed by atoms with E-state index >= 15 is 0 Å². The molecule has 0 aliphatic carbocycles. The molecule has 2 aromatic carbocycles. The Morgan fingerprint density at radius 1 is 1.08 bits per heavy atom. The van der Waals surface area contributed by atoms with E-state index in [9.17, 15) is 9.59 Å². The lowest BCUT2D eigenvalue weighted by Gasteiger charge is -2.08. The predicted octanol–water partition coefficient (Wildman–Crippen LogP) is 3.73. The molecule has 8 heteroatoms. The van der Waals surface area contributed by atoms with Gasteiger partial charge in [0.2, 0.25) is 0 Å². The number of halogens is 2. The van der Waals surface area contributed by atoms with Crippen molar-refractivity contribution in [3.8, 4) is 0 Å². The van der Waals surface area contributed by atoms with Gasteiger partial charge in [-0.25, -0.2) is 9.78 Å². The number of ether oxygens (including phenoxy) is 1. The van der Waals surface area contributed by atoms with Gasteiger partial charge >= 0.3 is 5.97 Å². The van der Waals surface area contributed by atoms with E-state index in [-0.39, 0.29) is 10.7 Å². The van der Waals surface area contributed by atoms with E-state index in [2.05, 4.69) is 15.3 Å². The van der Waals surface area contributed by atoms with Gasteiger partial charge in [-0.3, -0.25) is 9.78 Å². The molecule has 0 atom stereocenters. The summed E-state index contributed by atoms with van der Waals surface area (Å²) in [6.07, 6.45) is 1.30. The van der Waals surface area contributed by atoms with Gasteiger partial charge in [-0.1, -0.05) is 35.3 Å². The standard InChI is InChI=1S/C17H11Cl2N3O3/c18-10-5-6-12(11(19)7-10)22-16(23)9-25-17(24)15-8-20-13-3-1-2-4-14(13)21-15/h1-8H,9H2,(H,22,23). The van der Waals surface area contributed by atoms with E-state index in [1.165, 1.54) is 12.3 Å². The first kappa shape index (κ1) is 17.1. The Kier molecular flexibility index (Phi) is 5.11. The maximum Gasteiger partial charge on any atom is 0.359 e. The first-order chi connectivity index (χ1) is 12.0. The third-order valence-electron chi connectivity index (χ3n) is 3.20. The second kappa shape index (κ2) is 7.46. The zero-order valence-electron chi connectivity index (χ0n) is 12.7. The molecule has 25 heavy (non-hydrogen) atoms. The number of anilines is 1. The fraction of sp³-hybridized carbons (Fsp3) is 0.0588. The summed E-state index contributed by atoms with van der Waals surface area (Å²) >= 11 is 11.7. The van der Waals surface area contributed by atoms with Gasteiger partial charge in [0.05, 0.1) is 27.9 Å². The van der Waals surface area contributed by atoms with E-state index in [0.717, 1.165) is 0 Å². The second-order valence-electron chi connectivity index (χ2n) is 4.99. The minimum atomic E-state index is -0.740. The minimum Gasteiger partial charge on any atom is -0.451 e. The van der Waals surface area contributed by atoms with Crippen LogP contribution in [0.1, 0.15) is 10.5 Å². The highest BCUT2D eigenvalue weighted by Crippen LogP contribution is 2.25. The van der Waals surface area contributed by atoms with Crippen LogP contribution >= 0.6 is 23.2 Å². The van der Waals surface area contributed by atoms with Gasteiger partial charge in [-0.05, 0) is 30.3 Å². The zero-order chi connectivity index (χ0) is 17.8. The van der Waals surface area contributed by atoms with Gasteiger partial charge in [0.1, 0.15) is 0 Å². The Hall–Kier alpha value is -2.70. The molecule has 3 aromatic rings. The number of hydrogen-bond acceptors (Lipinski definition) is 5. The largest absolute Gasteiger partial charge is 0.451 e. The quantitative estimate of drug-likeness (QED) is 0.702. The lowest BCUT2D eigenvalue weighted by atomic mass is 10.3. The van der Waals surface area contributed by atoms with E-state index in [0.29, 0.717) is 21.7 Å². The van der Waals surface area contributed by atoms with Crippen molar-refractivity contribution in [3.05, 3.63) is 64.4 Å². The number of rotatable bonds is 4. The lowest BCUT2D eigenvalue weighted by Crippen LogP contribution is -2.21. The highest BCUT2D eigenvalue weighted by atomic mass is 35.5. The first-order valence-corrected chi connectivity index (χ1v) is 7.92. The number of benzene rings is 2. The molecular formula is C17H11Cl2N3O3. The van der Waals surface area contributed by atoms with Crippen LogP contribution in [-0.4, -0.2) is 28.5 Å². The third kappa shape index (κ3) is 4.23. The fourth-order valence-electron chi connectivity index (χ4n) is 2.04. The number of amides is 1. The molecule has 0 spiro atoms. The molecule has 0 fully saturated rings. The monoisotopic (exact) mass is 375 g/mol. The molecule has 0 unspecified atom stereocenters. The maximum absolute atomic E-state index is 12.0. The molecule has 0 saturated carbocycles. The Balaban J connectivity index is 1.61. The summed E-state index contributed by atoms with van der Waals surface area (Å²) in [5.74, 6) is -1.28. The molecule has 1 amide bonds. The number of nitrogens with one attached hydrogen (secondary N) is 1. The molecule has 1 N–H and O–H groups in total. The van der Waals surface area contributed by atoms with Gasteiger partial charge in [0.25, 0.3) is 5.91 Å². The maximum atomic E-state index is 12.0. The lowest BCUT2D eigenvalue weighted by molar-refractivity contribution is -0.119. The summed E-state index contributed by atoms with van der Waals surface area (Å²) in [6, 6.07) is 11.8. The normalized spacial score (nSPS) is 10.5. The van der Waals surface area contributed by atoms with Crippen LogP contribution in [0.25, 0.3) is 11.0 Å². The van der Waals surface area contributed by atoms with Crippen LogP contribution in [0.2, 0.25) is 10.0 Å². The predicted molar refractivity (Wildman–Crippen MR) is 94.9 cm³/mol. The third-order valence-corrected chi connectivity index (χ3v) is 3.75. The number of fused-ring (bicyclic) bond motifs is 1. The second-order valence-corrected chi connectivity index (χ2v) is 5.84. The summed E-state index contributed by atoms with van der Waals surface area (Å²) < 4.78 is 4.95. The summed E-state index contributed by atoms with van der Waals surface area (Å²) in [6.45, 7) is -0.480. The SMILES string of the molecule is O=C(COC(=O)c1cnc2ccccc2n1)Nc1ccc(Cl)cc1Cl. The van der Waals surface area contributed by atoms with Crippen LogP contribution in [0.3, 0.4) is 0 Å². The van der Waals surface area contributed by atoms with Gasteiger partial charge in [-0.2, -0.15) is 0 Å². The van der Waals surface area contributed by atoms with Crippen molar-refractivity contribution in [2.24, 2.45) is 0 Å². The molecule has 126 valence electrons. The van der Waals surface area contributed by atoms with Gasteiger partial charge in [0.15, 0.2) is 12.3 Å². The Morgan fingerprint density at radius 3 is 2.60 bits per heavy atom. The van der Waals surface area contributed by atoms with Crippen LogP contribution in [0, 0.1) is 0 Å². The highest BCUT2D eigenvalue weighted by Gasteiger charge is 2.14. The van der Waals surface area contributed by atoms with Gasteiger partial charge < -0.3 is 10.1 Å². The molecule has 6 nitrogen and oxygen atoms in total. The van der Waals surface area contributed by atoms with E-state index in [4.69, 9.17) is 27.9 Å². The van der Waals surface area contributed by atoms with Crippen LogP contribution in [-0.2, 0) is 9.53 Å². The number of carbonyl (C=O) groups is 2. The van der Waals surface area contributed by atoms with Crippen molar-refractivity contribution in [3.63, 3.8) is 0 Å². The molecule has 0 bridgehead atoms. The van der Waals surface area contributed by atoms with Crippen LogP contribution in [0.4, 0.5) is 5.69 Å². The van der Waals surface area contributed by atoms with Gasteiger partial charge in [-0.15, -0.1) is 0 Å². The Morgan fingerprint density at radius 2 is 1.84 bits per heavy atom. The summed E-state index contributed by atoms with van der Waals surface area (Å²) in [7, 11) is 0. The van der Waals surface area contributed by atoms with Crippen molar-refractivity contribution in [1.29, 1.82) is 0 Å². The molecular weight excluding hydrogens is 365 g/mol. The zero-order valence-corrected chi connectivity index (χ0v) is 14.2. The number of esters is 1. The Labute approximate surface area is 152 Å². The average molecular weight is 376 g/mol. The van der Waals surface area contributed by atoms with E-state index in [1.54, 1.807) is 30.3 Å². The Bertz CT molecular complexity index is 963. The average Bonchev–Trinajstić information content (AvgIpc) is 2.61. The molecule has 0 saturated heterocycles. The number of carbonyl (C=O) groups excluding carboxylic acids is 2. The molecule has 0 aliphatic rings. The summed E-state index contributed by atoms with van der Waals surface area (Å²) in [5, 5.41) is 3.26. The van der Waals surface area contributed by atoms with Crippen LogP contribution < -0.4 is 5.32 Å². The molecule has 0 aliphatic heterocycles. The number of para-hydroxylation sites is 2. The first-order valence-electron chi connectivity index (χ1n) is 7.17. The van der Waals surface area contributed by atoms with Crippen molar-refractivity contribution in [2.45, 2.75) is 0 Å². The summed E-state index contributed by atoms with van der Waals surface area (Å²) in [4.78, 5) is 32.2. The highest BCUT2D eigenvalue weighted by molar-refractivity contribution is 6.36. The fourth-order valence-corrected chi connectivity index (χ4v) is 2.49. The molecule has 0 radical (unpaired) electrons. The van der Waals surface area contributed by atoms with Crippen molar-refractivity contribution in [2.75, 3.05) is 11.9 Å². The number of hydrogen-bond donors (Lipinski definition) is 1. The topological polar surface area (TPSA) is 81.2 Å². The number of aromatic nitrogens is 2. The van der Waals surface area contributed by atoms with E-state index in [1.807, 2.05) is 6.07 Å². The van der Waals surface area contributed by atoms with Crippen molar-refractivity contribution >= 4 is 51.8 Å². The van der Waals surface area contributed by atoms with Crippen LogP contribution in [0.15, 0.2) is 48.7 Å². The van der Waals surface area contributed by atoms with Gasteiger partial charge in [0, 0.05) is 5.02 Å². The molecule has 3 rings (SSSR count). The van der Waals surface area contributed by atoms with Crippen molar-refractivity contribution in [1.82, 2.24) is 9.97 Å². The minimum absolute atomic E-state index is 0.0241.